The highest BCUT2D eigenvalue weighted by Gasteiger charge is 2.22. The Labute approximate surface area is 105 Å². The monoisotopic (exact) mass is 252 g/mol. The fourth-order valence-corrected chi connectivity index (χ4v) is 1.81. The van der Waals surface area contributed by atoms with Crippen LogP contribution in [0.5, 0.6) is 5.88 Å². The van der Waals surface area contributed by atoms with Crippen LogP contribution in [0.1, 0.15) is 10.4 Å². The van der Waals surface area contributed by atoms with E-state index in [1.807, 2.05) is 0 Å². The number of methoxy groups -OCH3 is 1. The van der Waals surface area contributed by atoms with Crippen molar-refractivity contribution in [2.24, 2.45) is 0 Å². The Kier molecular flexibility index (Phi) is 4.11. The summed E-state index contributed by atoms with van der Waals surface area (Å²) in [5.74, 6) is 0.243. The highest BCUT2D eigenvalue weighted by atomic mass is 16.5. The lowest BCUT2D eigenvalue weighted by Gasteiger charge is -2.21. The number of amides is 1. The van der Waals surface area contributed by atoms with Gasteiger partial charge in [0.2, 0.25) is 5.88 Å². The van der Waals surface area contributed by atoms with Crippen LogP contribution in [0, 0.1) is 0 Å². The summed E-state index contributed by atoms with van der Waals surface area (Å²) in [6.45, 7) is 1.46. The van der Waals surface area contributed by atoms with Gasteiger partial charge in [0, 0.05) is 30.9 Å². The number of aliphatic hydroxyl groups is 1. The summed E-state index contributed by atoms with van der Waals surface area (Å²) < 4.78 is 10.2. The van der Waals surface area contributed by atoms with Gasteiger partial charge in [-0.05, 0) is 6.07 Å². The molecule has 1 saturated heterocycles. The minimum absolute atomic E-state index is 0.153. The van der Waals surface area contributed by atoms with Crippen LogP contribution in [0.15, 0.2) is 18.3 Å². The molecule has 1 amide bonds. The number of hydrogen-bond donors (Lipinski definition) is 1. The number of β-amino-alcohol motifs (C(OH)–C–C–N with tert-alkyl or cyclic N) is 1. The number of carbonyl (C=O) groups excluding carboxylic acids is 1. The van der Waals surface area contributed by atoms with Gasteiger partial charge in [-0.25, -0.2) is 4.98 Å². The zero-order valence-electron chi connectivity index (χ0n) is 10.2. The molecule has 1 atom stereocenters. The molecule has 1 aliphatic heterocycles. The van der Waals surface area contributed by atoms with Crippen molar-refractivity contribution >= 4 is 5.91 Å². The van der Waals surface area contributed by atoms with Gasteiger partial charge >= 0.3 is 0 Å². The van der Waals surface area contributed by atoms with E-state index < -0.39 is 6.10 Å². The maximum absolute atomic E-state index is 12.2. The molecule has 1 aromatic heterocycles. The first kappa shape index (κ1) is 12.8. The number of rotatable bonds is 2. The molecule has 6 nitrogen and oxygen atoms in total. The second kappa shape index (κ2) is 5.79. The molecule has 0 radical (unpaired) electrons. The van der Waals surface area contributed by atoms with Crippen molar-refractivity contribution in [1.82, 2.24) is 9.88 Å². The van der Waals surface area contributed by atoms with Crippen molar-refractivity contribution in [1.29, 1.82) is 0 Å². The van der Waals surface area contributed by atoms with Gasteiger partial charge in [-0.1, -0.05) is 0 Å². The van der Waals surface area contributed by atoms with Crippen LogP contribution in [0.25, 0.3) is 0 Å². The molecular weight excluding hydrogens is 236 g/mol. The zero-order valence-corrected chi connectivity index (χ0v) is 10.2. The third-order valence-electron chi connectivity index (χ3n) is 2.73. The number of carbonyl (C=O) groups is 1. The molecule has 6 heteroatoms. The third-order valence-corrected chi connectivity index (χ3v) is 2.73. The largest absolute Gasteiger partial charge is 0.481 e. The highest BCUT2D eigenvalue weighted by molar-refractivity contribution is 5.94. The van der Waals surface area contributed by atoms with E-state index in [2.05, 4.69) is 4.98 Å². The van der Waals surface area contributed by atoms with Crippen LogP contribution < -0.4 is 4.74 Å². The summed E-state index contributed by atoms with van der Waals surface area (Å²) >= 11 is 0. The van der Waals surface area contributed by atoms with Crippen molar-refractivity contribution in [2.75, 3.05) is 33.4 Å². The SMILES string of the molecule is COc1cc(C(=O)N2CCOC[C@@H](O)C2)ccn1. The molecular formula is C12H16N2O4. The first-order valence-electron chi connectivity index (χ1n) is 5.76. The zero-order chi connectivity index (χ0) is 13.0. The molecule has 1 N–H and O–H groups in total. The number of hydrogen-bond acceptors (Lipinski definition) is 5. The summed E-state index contributed by atoms with van der Waals surface area (Å²) in [5, 5.41) is 9.60. The van der Waals surface area contributed by atoms with Crippen LogP contribution in [-0.2, 0) is 4.74 Å². The standard InChI is InChI=1S/C12H16N2O4/c1-17-11-6-9(2-3-13-11)12(16)14-4-5-18-8-10(15)7-14/h2-3,6,10,15H,4-5,7-8H2,1H3/t10-/m0/s1. The summed E-state index contributed by atoms with van der Waals surface area (Å²) in [5.41, 5.74) is 0.496. The quantitative estimate of drug-likeness (QED) is 0.797. The van der Waals surface area contributed by atoms with Crippen LogP contribution in [0.4, 0.5) is 0 Å². The molecule has 2 rings (SSSR count). The maximum atomic E-state index is 12.2. The second-order valence-corrected chi connectivity index (χ2v) is 4.07. The lowest BCUT2D eigenvalue weighted by atomic mass is 10.2. The van der Waals surface area contributed by atoms with Crippen LogP contribution in [0.3, 0.4) is 0 Å². The fourth-order valence-electron chi connectivity index (χ4n) is 1.81. The molecule has 1 aliphatic rings. The molecule has 0 aliphatic carbocycles. The predicted molar refractivity (Wildman–Crippen MR) is 63.5 cm³/mol. The van der Waals surface area contributed by atoms with Gasteiger partial charge < -0.3 is 19.5 Å². The van der Waals surface area contributed by atoms with E-state index in [1.54, 1.807) is 17.0 Å². The maximum Gasteiger partial charge on any atom is 0.254 e. The van der Waals surface area contributed by atoms with E-state index in [0.29, 0.717) is 24.6 Å². The molecule has 2 heterocycles. The summed E-state index contributed by atoms with van der Waals surface area (Å²) in [4.78, 5) is 17.8. The van der Waals surface area contributed by atoms with Gasteiger partial charge in [-0.2, -0.15) is 0 Å². The Morgan fingerprint density at radius 2 is 2.50 bits per heavy atom. The Hall–Kier alpha value is -1.66. The van der Waals surface area contributed by atoms with Gasteiger partial charge in [0.15, 0.2) is 0 Å². The number of ether oxygens (including phenoxy) is 2. The van der Waals surface area contributed by atoms with Crippen molar-refractivity contribution in [3.8, 4) is 5.88 Å². The van der Waals surface area contributed by atoms with E-state index >= 15 is 0 Å². The Morgan fingerprint density at radius 3 is 3.28 bits per heavy atom. The lowest BCUT2D eigenvalue weighted by molar-refractivity contribution is 0.0534. The van der Waals surface area contributed by atoms with Crippen LogP contribution in [0.2, 0.25) is 0 Å². The average molecular weight is 252 g/mol. The second-order valence-electron chi connectivity index (χ2n) is 4.07. The van der Waals surface area contributed by atoms with Crippen molar-refractivity contribution in [2.45, 2.75) is 6.10 Å². The molecule has 0 spiro atoms. The molecule has 18 heavy (non-hydrogen) atoms. The van der Waals surface area contributed by atoms with Crippen LogP contribution in [-0.4, -0.2) is 60.4 Å². The van der Waals surface area contributed by atoms with Crippen LogP contribution >= 0.6 is 0 Å². The Balaban J connectivity index is 2.13. The van der Waals surface area contributed by atoms with Gasteiger partial charge in [-0.15, -0.1) is 0 Å². The van der Waals surface area contributed by atoms with E-state index in [-0.39, 0.29) is 19.1 Å². The number of aliphatic hydroxyl groups excluding tert-OH is 1. The van der Waals surface area contributed by atoms with E-state index in [4.69, 9.17) is 9.47 Å². The molecule has 0 unspecified atom stereocenters. The van der Waals surface area contributed by atoms with Crippen molar-refractivity contribution in [3.63, 3.8) is 0 Å². The first-order chi connectivity index (χ1) is 8.70. The van der Waals surface area contributed by atoms with E-state index in [0.717, 1.165) is 0 Å². The molecule has 1 aromatic rings. The first-order valence-corrected chi connectivity index (χ1v) is 5.76. The smallest absolute Gasteiger partial charge is 0.254 e. The van der Waals surface area contributed by atoms with Gasteiger partial charge in [0.25, 0.3) is 5.91 Å². The molecule has 0 bridgehead atoms. The average Bonchev–Trinajstić information content (AvgIpc) is 2.62. The van der Waals surface area contributed by atoms with Crippen molar-refractivity contribution < 1.29 is 19.4 Å². The lowest BCUT2D eigenvalue weighted by Crippen LogP contribution is -2.37. The fraction of sp³-hybridized carbons (Fsp3) is 0.500. The third kappa shape index (κ3) is 2.96. The van der Waals surface area contributed by atoms with E-state index in [1.165, 1.54) is 13.3 Å². The number of nitrogens with zero attached hydrogens (tertiary/aromatic N) is 2. The van der Waals surface area contributed by atoms with E-state index in [9.17, 15) is 9.90 Å². The Bertz CT molecular complexity index is 424. The normalized spacial score (nSPS) is 20.3. The van der Waals surface area contributed by atoms with Gasteiger partial charge in [0.05, 0.1) is 26.4 Å². The number of pyridine rings is 1. The summed E-state index contributed by atoms with van der Waals surface area (Å²) in [6, 6.07) is 3.21. The minimum Gasteiger partial charge on any atom is -0.481 e. The predicted octanol–water partition coefficient (Wildman–Crippen LogP) is -0.0765. The molecule has 1 fully saturated rings. The summed E-state index contributed by atoms with van der Waals surface area (Å²) in [6.07, 6.45) is 0.886. The van der Waals surface area contributed by atoms with Gasteiger partial charge in [0.1, 0.15) is 0 Å². The summed E-state index contributed by atoms with van der Waals surface area (Å²) in [7, 11) is 1.50. The Morgan fingerprint density at radius 1 is 1.67 bits per heavy atom. The highest BCUT2D eigenvalue weighted by Crippen LogP contribution is 2.12. The minimum atomic E-state index is -0.639. The molecule has 0 aromatic carbocycles. The van der Waals surface area contributed by atoms with Crippen molar-refractivity contribution in [3.05, 3.63) is 23.9 Å². The molecule has 0 saturated carbocycles. The number of aromatic nitrogens is 1. The topological polar surface area (TPSA) is 71.9 Å². The molecule has 98 valence electrons. The van der Waals surface area contributed by atoms with Gasteiger partial charge in [-0.3, -0.25) is 4.79 Å².